The molecule has 0 aliphatic rings. The van der Waals surface area contributed by atoms with E-state index in [2.05, 4.69) is 15.2 Å². The molecule has 1 aromatic rings. The van der Waals surface area contributed by atoms with Crippen LogP contribution in [0.2, 0.25) is 0 Å². The first kappa shape index (κ1) is 10.0. The second kappa shape index (κ2) is 5.91. The second-order valence-corrected chi connectivity index (χ2v) is 0.611. The van der Waals surface area contributed by atoms with Crippen molar-refractivity contribution in [1.82, 2.24) is 15.2 Å². The molecule has 0 N–H and O–H groups in total. The summed E-state index contributed by atoms with van der Waals surface area (Å²) in [7, 11) is 0. The fourth-order valence-electron chi connectivity index (χ4n) is 0.149. The third-order valence-corrected chi connectivity index (χ3v) is 0.303. The van der Waals surface area contributed by atoms with Crippen molar-refractivity contribution in [3.05, 3.63) is 20.1 Å². The minimum Gasteiger partial charge on any atom is -0.432 e. The van der Waals surface area contributed by atoms with Crippen LogP contribution in [0.4, 0.5) is 0 Å². The Bertz CT molecular complexity index is 66.7. The maximum atomic E-state index is 3.50. The monoisotopic (exact) mass is 107 g/mol. The van der Waals surface area contributed by atoms with E-state index in [-0.39, 0.29) is 30.5 Å². The van der Waals surface area contributed by atoms with Crippen molar-refractivity contribution in [2.24, 2.45) is 0 Å². The van der Waals surface area contributed by atoms with Gasteiger partial charge in [0.2, 0.25) is 0 Å². The van der Waals surface area contributed by atoms with Gasteiger partial charge in [0, 0.05) is 6.33 Å². The van der Waals surface area contributed by atoms with Gasteiger partial charge < -0.3 is 17.5 Å². The van der Waals surface area contributed by atoms with Crippen molar-refractivity contribution in [3.8, 4) is 0 Å². The first-order valence-electron chi connectivity index (χ1n) is 1.23. The topological polar surface area (TPSA) is 39.9 Å². The number of aromatic nitrogens is 3. The fraction of sp³-hybridized carbons (Fsp3) is 0. The molecule has 0 atom stereocenters. The summed E-state index contributed by atoms with van der Waals surface area (Å²) in [6, 6.07) is 0. The molecule has 0 aliphatic carbocycles. The molecule has 0 saturated heterocycles. The summed E-state index contributed by atoms with van der Waals surface area (Å²) in [6.07, 6.45) is 2.78. The summed E-state index contributed by atoms with van der Waals surface area (Å²) in [5.41, 5.74) is 0. The zero-order chi connectivity index (χ0) is 3.54. The van der Waals surface area contributed by atoms with Crippen LogP contribution in [-0.2, 0) is 0 Å². The van der Waals surface area contributed by atoms with Gasteiger partial charge in [-0.25, -0.2) is 0 Å². The van der Waals surface area contributed by atoms with Crippen LogP contribution in [-0.4, -0.2) is 33.1 Å². The molecule has 0 amide bonds. The van der Waals surface area contributed by atoms with Crippen LogP contribution in [0.25, 0.3) is 0 Å². The third-order valence-electron chi connectivity index (χ3n) is 0.303. The quantitative estimate of drug-likeness (QED) is 0.332. The van der Waals surface area contributed by atoms with Crippen LogP contribution in [0, 0.1) is 7.43 Å². The van der Waals surface area contributed by atoms with Gasteiger partial charge in [0.05, 0.1) is 0 Å². The molecule has 34 valence electrons. The predicted octanol–water partition coefficient (Wildman–Crippen LogP) is -0.497. The molecule has 0 aliphatic heterocycles. The van der Waals surface area contributed by atoms with E-state index in [1.165, 1.54) is 12.7 Å². The van der Waals surface area contributed by atoms with Crippen LogP contribution >= 0.6 is 0 Å². The number of hydrogen-bond donors (Lipinski definition) is 0. The Hall–Kier alpha value is -0.0938. The Balaban J connectivity index is 0. The Morgan fingerprint density at radius 2 is 2.14 bits per heavy atom. The van der Waals surface area contributed by atoms with Crippen molar-refractivity contribution >= 4 is 23.1 Å². The van der Waals surface area contributed by atoms with Crippen molar-refractivity contribution in [1.29, 1.82) is 0 Å². The van der Waals surface area contributed by atoms with E-state index in [0.29, 0.717) is 0 Å². The van der Waals surface area contributed by atoms with Gasteiger partial charge in [-0.3, -0.25) is 5.10 Å². The normalized spacial score (nSPS) is 5.71. The van der Waals surface area contributed by atoms with E-state index in [1.807, 2.05) is 0 Å². The van der Waals surface area contributed by atoms with Crippen molar-refractivity contribution in [3.63, 3.8) is 0 Å². The van der Waals surface area contributed by atoms with E-state index >= 15 is 0 Å². The molecule has 1 rings (SSSR count). The van der Waals surface area contributed by atoms with Crippen LogP contribution < -0.4 is 5.10 Å². The Morgan fingerprint density at radius 3 is 2.29 bits per heavy atom. The van der Waals surface area contributed by atoms with E-state index < -0.39 is 0 Å². The van der Waals surface area contributed by atoms with E-state index in [1.54, 1.807) is 0 Å². The van der Waals surface area contributed by atoms with Crippen molar-refractivity contribution in [2.45, 2.75) is 0 Å². The maximum absolute atomic E-state index is 3.50. The average molecular weight is 107 g/mol. The largest absolute Gasteiger partial charge is 2.00 e. The average Bonchev–Trinajstić information content (AvgIpc) is 1.76. The summed E-state index contributed by atoms with van der Waals surface area (Å²) in [4.78, 5) is 3.50. The van der Waals surface area contributed by atoms with Gasteiger partial charge in [-0.2, -0.15) is 0 Å². The minimum absolute atomic E-state index is 0. The van der Waals surface area contributed by atoms with Gasteiger partial charge in [0.15, 0.2) is 0 Å². The molecule has 3 nitrogen and oxygen atoms in total. The molecule has 0 radical (unpaired) electrons. The molecule has 0 fully saturated rings. The van der Waals surface area contributed by atoms with E-state index in [0.717, 1.165) is 0 Å². The molecule has 4 heteroatoms. The molecule has 7 heavy (non-hydrogen) atoms. The van der Waals surface area contributed by atoms with Gasteiger partial charge in [-0.15, -0.1) is 0 Å². The Morgan fingerprint density at radius 1 is 1.43 bits per heavy atom. The summed E-state index contributed by atoms with van der Waals surface area (Å²) in [5, 5.41) is 6.72. The smallest absolute Gasteiger partial charge is 0.432 e. The number of nitrogens with zero attached hydrogens (tertiary/aromatic N) is 3. The SMILES string of the molecule is [CH3-].[Mg+2].c1nc[n-]n1. The second-order valence-electron chi connectivity index (χ2n) is 0.611. The van der Waals surface area contributed by atoms with Crippen molar-refractivity contribution in [2.75, 3.05) is 0 Å². The van der Waals surface area contributed by atoms with Crippen LogP contribution in [0.15, 0.2) is 12.7 Å². The summed E-state index contributed by atoms with van der Waals surface area (Å²) >= 11 is 0. The van der Waals surface area contributed by atoms with Gasteiger partial charge in [0.1, 0.15) is 0 Å². The van der Waals surface area contributed by atoms with Crippen LogP contribution in [0.1, 0.15) is 0 Å². The standard InChI is InChI=1S/C2H2N3.CH3.Mg/c1-3-2-5-4-1;;/h1-2H;1H3;/q2*-1;+2. The zero-order valence-electron chi connectivity index (χ0n) is 4.20. The van der Waals surface area contributed by atoms with Crippen molar-refractivity contribution < 1.29 is 0 Å². The molecule has 0 spiro atoms. The van der Waals surface area contributed by atoms with Crippen LogP contribution in [0.5, 0.6) is 0 Å². The van der Waals surface area contributed by atoms with Crippen LogP contribution in [0.3, 0.4) is 0 Å². The van der Waals surface area contributed by atoms with Gasteiger partial charge >= 0.3 is 23.1 Å². The zero-order valence-corrected chi connectivity index (χ0v) is 5.62. The van der Waals surface area contributed by atoms with Gasteiger partial charge in [-0.05, 0) is 0 Å². The van der Waals surface area contributed by atoms with E-state index in [4.69, 9.17) is 0 Å². The first-order chi connectivity index (χ1) is 2.50. The molecular formula is C3H5MgN3. The maximum Gasteiger partial charge on any atom is 2.00 e. The molecule has 0 bridgehead atoms. The Kier molecular flexibility index (Phi) is 8.44. The summed E-state index contributed by atoms with van der Waals surface area (Å²) in [5.74, 6) is 0. The molecule has 0 saturated carbocycles. The first-order valence-corrected chi connectivity index (χ1v) is 1.23. The van der Waals surface area contributed by atoms with Gasteiger partial charge in [-0.1, -0.05) is 6.33 Å². The fourth-order valence-corrected chi connectivity index (χ4v) is 0.149. The van der Waals surface area contributed by atoms with E-state index in [9.17, 15) is 0 Å². The molecule has 0 unspecified atom stereocenters. The molecule has 0 aromatic carbocycles. The Labute approximate surface area is 58.7 Å². The van der Waals surface area contributed by atoms with Gasteiger partial charge in [0.25, 0.3) is 0 Å². The molecule has 1 aromatic heterocycles. The summed E-state index contributed by atoms with van der Waals surface area (Å²) < 4.78 is 0. The third kappa shape index (κ3) is 3.74. The summed E-state index contributed by atoms with van der Waals surface area (Å²) in [6.45, 7) is 0. The molecule has 1 heterocycles. The minimum atomic E-state index is 0. The predicted molar refractivity (Wildman–Crippen MR) is 27.5 cm³/mol. The number of hydrogen-bond acceptors (Lipinski definition) is 2. The molecular weight excluding hydrogens is 102 g/mol. The number of rotatable bonds is 0.